The molecule has 2 heterocycles. The first-order valence-electron chi connectivity index (χ1n) is 4.36. The topological polar surface area (TPSA) is 41.1 Å². The van der Waals surface area contributed by atoms with Crippen LogP contribution in [0, 0.1) is 5.92 Å². The summed E-state index contributed by atoms with van der Waals surface area (Å²) in [5.41, 5.74) is 0. The van der Waals surface area contributed by atoms with Gasteiger partial charge in [-0.05, 0) is 31.8 Å². The minimum absolute atomic E-state index is 0.244. The van der Waals surface area contributed by atoms with E-state index in [0.29, 0.717) is 12.0 Å². The normalized spacial score (nSPS) is 37.6. The van der Waals surface area contributed by atoms with E-state index < -0.39 is 0 Å². The average Bonchev–Trinajstić information content (AvgIpc) is 2.04. The largest absolute Gasteiger partial charge is 0.353 e. The van der Waals surface area contributed by atoms with E-state index in [-0.39, 0.29) is 5.91 Å². The van der Waals surface area contributed by atoms with E-state index in [9.17, 15) is 4.79 Å². The summed E-state index contributed by atoms with van der Waals surface area (Å²) < 4.78 is 0. The Morgan fingerprint density at radius 1 is 1.36 bits per heavy atom. The molecule has 62 valence electrons. The number of carbonyl (C=O) groups excluding carboxylic acids is 1. The Morgan fingerprint density at radius 2 is 2.27 bits per heavy atom. The van der Waals surface area contributed by atoms with Crippen molar-refractivity contribution in [2.75, 3.05) is 13.1 Å². The average molecular weight is 154 g/mol. The number of hydrogen-bond donors (Lipinski definition) is 2. The molecule has 0 saturated carbocycles. The smallest absolute Gasteiger partial charge is 0.220 e. The van der Waals surface area contributed by atoms with Crippen molar-refractivity contribution in [3.63, 3.8) is 0 Å². The fraction of sp³-hybridized carbons (Fsp3) is 0.875. The zero-order valence-corrected chi connectivity index (χ0v) is 6.60. The lowest BCUT2D eigenvalue weighted by atomic mass is 9.86. The molecule has 0 aromatic heterocycles. The lowest BCUT2D eigenvalue weighted by molar-refractivity contribution is -0.124. The van der Waals surface area contributed by atoms with Crippen molar-refractivity contribution in [1.82, 2.24) is 10.6 Å². The van der Waals surface area contributed by atoms with E-state index in [1.165, 1.54) is 0 Å². The quantitative estimate of drug-likeness (QED) is 0.510. The predicted molar refractivity (Wildman–Crippen MR) is 42.1 cm³/mol. The van der Waals surface area contributed by atoms with Crippen LogP contribution in [0.1, 0.15) is 19.3 Å². The van der Waals surface area contributed by atoms with Gasteiger partial charge < -0.3 is 10.6 Å². The number of piperidine rings is 2. The molecular formula is C8H14N2O. The second-order valence-electron chi connectivity index (χ2n) is 3.47. The van der Waals surface area contributed by atoms with Gasteiger partial charge in [-0.1, -0.05) is 0 Å². The highest BCUT2D eigenvalue weighted by molar-refractivity contribution is 5.77. The highest BCUT2D eigenvalue weighted by atomic mass is 16.1. The van der Waals surface area contributed by atoms with Crippen molar-refractivity contribution in [2.45, 2.75) is 25.3 Å². The van der Waals surface area contributed by atoms with Gasteiger partial charge in [-0.25, -0.2) is 0 Å². The van der Waals surface area contributed by atoms with E-state index in [1.807, 2.05) is 0 Å². The van der Waals surface area contributed by atoms with Gasteiger partial charge in [0, 0.05) is 12.5 Å². The fourth-order valence-corrected chi connectivity index (χ4v) is 2.01. The third-order valence-corrected chi connectivity index (χ3v) is 2.70. The molecule has 0 aromatic rings. The molecule has 0 spiro atoms. The molecule has 11 heavy (non-hydrogen) atoms. The van der Waals surface area contributed by atoms with E-state index in [4.69, 9.17) is 0 Å². The van der Waals surface area contributed by atoms with Gasteiger partial charge in [-0.3, -0.25) is 4.79 Å². The summed E-state index contributed by atoms with van der Waals surface area (Å²) in [5, 5.41) is 6.39. The number of nitrogens with one attached hydrogen (secondary N) is 2. The molecule has 2 saturated heterocycles. The molecule has 2 N–H and O–H groups in total. The first kappa shape index (κ1) is 7.10. The van der Waals surface area contributed by atoms with Gasteiger partial charge in [0.1, 0.15) is 0 Å². The molecule has 2 rings (SSSR count). The Hall–Kier alpha value is -0.570. The van der Waals surface area contributed by atoms with E-state index in [0.717, 1.165) is 32.4 Å². The first-order chi connectivity index (χ1) is 5.36. The van der Waals surface area contributed by atoms with Gasteiger partial charge in [0.25, 0.3) is 0 Å². The summed E-state index contributed by atoms with van der Waals surface area (Å²) in [7, 11) is 0. The van der Waals surface area contributed by atoms with Crippen molar-refractivity contribution >= 4 is 5.91 Å². The highest BCUT2D eigenvalue weighted by Crippen LogP contribution is 2.20. The Balaban J connectivity index is 1.98. The molecule has 2 aliphatic rings. The summed E-state index contributed by atoms with van der Waals surface area (Å²) in [6.07, 6.45) is 2.91. The van der Waals surface area contributed by atoms with Gasteiger partial charge in [0.05, 0.1) is 0 Å². The Labute approximate surface area is 66.5 Å². The maximum absolute atomic E-state index is 11.0. The van der Waals surface area contributed by atoms with Gasteiger partial charge in [0.15, 0.2) is 0 Å². The lowest BCUT2D eigenvalue weighted by Gasteiger charge is -2.36. The highest BCUT2D eigenvalue weighted by Gasteiger charge is 2.30. The van der Waals surface area contributed by atoms with Crippen LogP contribution in [-0.2, 0) is 4.79 Å². The number of rotatable bonds is 0. The predicted octanol–water partition coefficient (Wildman–Crippen LogP) is -0.126. The maximum atomic E-state index is 11.0. The van der Waals surface area contributed by atoms with Crippen LogP contribution in [0.15, 0.2) is 0 Å². The molecule has 2 atom stereocenters. The summed E-state index contributed by atoms with van der Waals surface area (Å²) in [6, 6.07) is 0.470. The van der Waals surface area contributed by atoms with E-state index in [1.54, 1.807) is 0 Å². The van der Waals surface area contributed by atoms with Crippen LogP contribution in [0.2, 0.25) is 0 Å². The first-order valence-corrected chi connectivity index (χ1v) is 4.36. The summed E-state index contributed by atoms with van der Waals surface area (Å²) in [6.45, 7) is 2.15. The summed E-state index contributed by atoms with van der Waals surface area (Å²) in [4.78, 5) is 11.0. The lowest BCUT2D eigenvalue weighted by Crippen LogP contribution is -2.52. The molecule has 0 aliphatic carbocycles. The molecule has 0 radical (unpaired) electrons. The zero-order valence-electron chi connectivity index (χ0n) is 6.60. The van der Waals surface area contributed by atoms with Crippen molar-refractivity contribution in [3.8, 4) is 0 Å². The molecule has 0 bridgehead atoms. The molecule has 1 amide bonds. The third-order valence-electron chi connectivity index (χ3n) is 2.70. The van der Waals surface area contributed by atoms with Crippen LogP contribution in [0.5, 0.6) is 0 Å². The van der Waals surface area contributed by atoms with Crippen LogP contribution in [-0.4, -0.2) is 25.0 Å². The summed E-state index contributed by atoms with van der Waals surface area (Å²) in [5.74, 6) is 0.939. The van der Waals surface area contributed by atoms with Crippen molar-refractivity contribution in [2.24, 2.45) is 5.92 Å². The van der Waals surface area contributed by atoms with Crippen LogP contribution < -0.4 is 10.6 Å². The molecule has 3 heteroatoms. The minimum atomic E-state index is 0.244. The third kappa shape index (κ3) is 1.38. The molecule has 2 fully saturated rings. The molecular weight excluding hydrogens is 140 g/mol. The maximum Gasteiger partial charge on any atom is 0.220 e. The van der Waals surface area contributed by atoms with Gasteiger partial charge in [-0.15, -0.1) is 0 Å². The van der Waals surface area contributed by atoms with Crippen LogP contribution >= 0.6 is 0 Å². The van der Waals surface area contributed by atoms with E-state index >= 15 is 0 Å². The number of fused-ring (bicyclic) bond motifs is 1. The van der Waals surface area contributed by atoms with E-state index in [2.05, 4.69) is 10.6 Å². The van der Waals surface area contributed by atoms with Crippen molar-refractivity contribution in [1.29, 1.82) is 0 Å². The van der Waals surface area contributed by atoms with Crippen LogP contribution in [0.4, 0.5) is 0 Å². The minimum Gasteiger partial charge on any atom is -0.353 e. The van der Waals surface area contributed by atoms with Crippen LogP contribution in [0.3, 0.4) is 0 Å². The van der Waals surface area contributed by atoms with Crippen molar-refractivity contribution < 1.29 is 4.79 Å². The van der Waals surface area contributed by atoms with Gasteiger partial charge in [0.2, 0.25) is 5.91 Å². The zero-order chi connectivity index (χ0) is 7.68. The van der Waals surface area contributed by atoms with Crippen LogP contribution in [0.25, 0.3) is 0 Å². The Bertz CT molecular complexity index is 169. The second-order valence-corrected chi connectivity index (χ2v) is 3.47. The fourth-order valence-electron chi connectivity index (χ4n) is 2.01. The van der Waals surface area contributed by atoms with Crippen molar-refractivity contribution in [3.05, 3.63) is 0 Å². The Morgan fingerprint density at radius 3 is 3.18 bits per heavy atom. The standard InChI is InChI=1S/C8H14N2O/c11-8-2-1-6-5-9-4-3-7(6)10-8/h6-7,9H,1-5H2,(H,10,11). The monoisotopic (exact) mass is 154 g/mol. The second kappa shape index (κ2) is 2.81. The Kier molecular flexibility index (Phi) is 1.82. The molecule has 2 unspecified atom stereocenters. The number of amides is 1. The summed E-state index contributed by atoms with van der Waals surface area (Å²) >= 11 is 0. The van der Waals surface area contributed by atoms with Gasteiger partial charge >= 0.3 is 0 Å². The number of hydrogen-bond acceptors (Lipinski definition) is 2. The van der Waals surface area contributed by atoms with Gasteiger partial charge in [-0.2, -0.15) is 0 Å². The molecule has 3 nitrogen and oxygen atoms in total. The SMILES string of the molecule is O=C1CCC2CNCCC2N1. The number of carbonyl (C=O) groups is 1. The molecule has 2 aliphatic heterocycles. The molecule has 0 aromatic carbocycles.